The molecule has 0 aromatic heterocycles. The largest absolute Gasteiger partial charge is 0.388 e. The average Bonchev–Trinajstić information content (AvgIpc) is 2.65. The molecule has 0 heterocycles. The Bertz CT molecular complexity index is 524. The normalized spacial score (nSPS) is 23.3. The number of amides is 1. The maximum atomic E-state index is 12.4. The highest BCUT2D eigenvalue weighted by atomic mass is 16.1. The molecule has 0 aromatic carbocycles. The molecule has 2 atom stereocenters. The summed E-state index contributed by atoms with van der Waals surface area (Å²) in [6.07, 6.45) is 18.5. The number of carbonyl (C=O) groups is 1. The van der Waals surface area contributed by atoms with Crippen molar-refractivity contribution in [2.24, 2.45) is 17.8 Å². The molecule has 0 bridgehead atoms. The molecule has 0 aromatic rings. The topological polar surface area (TPSA) is 41.1 Å². The first-order chi connectivity index (χ1) is 11.6. The Morgan fingerprint density at radius 1 is 1.38 bits per heavy atom. The van der Waals surface area contributed by atoms with Crippen molar-refractivity contribution in [2.45, 2.75) is 51.9 Å². The van der Waals surface area contributed by atoms with E-state index in [2.05, 4.69) is 36.3 Å². The summed E-state index contributed by atoms with van der Waals surface area (Å²) in [5.41, 5.74) is 1.92. The summed E-state index contributed by atoms with van der Waals surface area (Å²) in [5.74, 6) is 1.46. The van der Waals surface area contributed by atoms with Crippen molar-refractivity contribution in [1.82, 2.24) is 10.6 Å². The summed E-state index contributed by atoms with van der Waals surface area (Å²) in [6.45, 7) is 6.19. The van der Waals surface area contributed by atoms with Crippen LogP contribution in [-0.4, -0.2) is 13.0 Å². The van der Waals surface area contributed by atoms with Gasteiger partial charge in [0, 0.05) is 18.4 Å². The number of rotatable bonds is 7. The van der Waals surface area contributed by atoms with Crippen LogP contribution >= 0.6 is 0 Å². The second-order valence-electron chi connectivity index (χ2n) is 7.07. The zero-order chi connectivity index (χ0) is 17.4. The Morgan fingerprint density at radius 3 is 2.71 bits per heavy atom. The van der Waals surface area contributed by atoms with Crippen molar-refractivity contribution < 1.29 is 4.79 Å². The first-order valence-corrected chi connectivity index (χ1v) is 9.33. The van der Waals surface area contributed by atoms with E-state index >= 15 is 0 Å². The summed E-state index contributed by atoms with van der Waals surface area (Å²) in [5, 5.41) is 6.12. The lowest BCUT2D eigenvalue weighted by atomic mass is 9.79. The average molecular weight is 329 g/mol. The summed E-state index contributed by atoms with van der Waals surface area (Å²) in [6, 6.07) is 0. The summed E-state index contributed by atoms with van der Waals surface area (Å²) in [4.78, 5) is 12.4. The van der Waals surface area contributed by atoms with Crippen molar-refractivity contribution in [3.05, 3.63) is 48.4 Å². The van der Waals surface area contributed by atoms with Crippen LogP contribution in [-0.2, 0) is 4.79 Å². The maximum absolute atomic E-state index is 12.4. The second-order valence-corrected chi connectivity index (χ2v) is 7.07. The van der Waals surface area contributed by atoms with Crippen LogP contribution < -0.4 is 10.6 Å². The standard InChI is InChI=1S/C21H32N2O/c1-4-19(13-10-16(2)17-8-6-5-7-9-17)23-21(24)18-11-14-20(22-3)15-12-18/h4,11,13-18,22H,1,5-10,12H2,2-3H3,(H,23,24)/b19-13+. The molecular weight excluding hydrogens is 296 g/mol. The highest BCUT2D eigenvalue weighted by Crippen LogP contribution is 2.31. The molecule has 2 rings (SSSR count). The number of likely N-dealkylation sites (N-methyl/N-ethyl adjacent to an activating group) is 1. The molecular formula is C21H32N2O. The van der Waals surface area contributed by atoms with Crippen LogP contribution in [0.4, 0.5) is 0 Å². The van der Waals surface area contributed by atoms with Gasteiger partial charge in [-0.1, -0.05) is 63.8 Å². The molecule has 1 amide bonds. The Kier molecular flexibility index (Phi) is 7.36. The third-order valence-electron chi connectivity index (χ3n) is 5.38. The fraction of sp³-hybridized carbons (Fsp3) is 0.571. The summed E-state index contributed by atoms with van der Waals surface area (Å²) in [7, 11) is 1.89. The van der Waals surface area contributed by atoms with E-state index in [0.717, 1.165) is 30.2 Å². The third kappa shape index (κ3) is 5.40. The Hall–Kier alpha value is -1.77. The molecule has 24 heavy (non-hydrogen) atoms. The van der Waals surface area contributed by atoms with Gasteiger partial charge in [-0.15, -0.1) is 0 Å². The molecule has 3 heteroatoms. The van der Waals surface area contributed by atoms with Crippen LogP contribution in [0.3, 0.4) is 0 Å². The molecule has 0 aliphatic heterocycles. The molecule has 2 unspecified atom stereocenters. The predicted octanol–water partition coefficient (Wildman–Crippen LogP) is 4.46. The van der Waals surface area contributed by atoms with Gasteiger partial charge >= 0.3 is 0 Å². The monoisotopic (exact) mass is 328 g/mol. The molecule has 1 fully saturated rings. The molecule has 3 nitrogen and oxygen atoms in total. The minimum absolute atomic E-state index is 0.0501. The minimum atomic E-state index is -0.0961. The molecule has 2 aliphatic rings. The molecule has 2 aliphatic carbocycles. The minimum Gasteiger partial charge on any atom is -0.388 e. The van der Waals surface area contributed by atoms with Gasteiger partial charge in [-0.3, -0.25) is 4.79 Å². The SMILES string of the molecule is C=C/C(=C\CC(C)C1CCCCC1)NC(=O)C1C=CC(NC)=CC1. The van der Waals surface area contributed by atoms with Gasteiger partial charge in [0.25, 0.3) is 0 Å². The lowest BCUT2D eigenvalue weighted by molar-refractivity contribution is -0.122. The van der Waals surface area contributed by atoms with Gasteiger partial charge in [-0.2, -0.15) is 0 Å². The van der Waals surface area contributed by atoms with Gasteiger partial charge in [0.05, 0.1) is 5.92 Å². The summed E-state index contributed by atoms with van der Waals surface area (Å²) >= 11 is 0. The van der Waals surface area contributed by atoms with E-state index in [1.165, 1.54) is 32.1 Å². The predicted molar refractivity (Wildman–Crippen MR) is 101 cm³/mol. The quantitative estimate of drug-likeness (QED) is 0.678. The molecule has 0 spiro atoms. The molecule has 2 N–H and O–H groups in total. The maximum Gasteiger partial charge on any atom is 0.231 e. The van der Waals surface area contributed by atoms with E-state index in [9.17, 15) is 4.79 Å². The number of carbonyl (C=O) groups excluding carboxylic acids is 1. The van der Waals surface area contributed by atoms with Crippen LogP contribution in [0.5, 0.6) is 0 Å². The van der Waals surface area contributed by atoms with Gasteiger partial charge in [-0.25, -0.2) is 0 Å². The van der Waals surface area contributed by atoms with Crippen molar-refractivity contribution in [1.29, 1.82) is 0 Å². The van der Waals surface area contributed by atoms with Crippen molar-refractivity contribution >= 4 is 5.91 Å². The van der Waals surface area contributed by atoms with Crippen molar-refractivity contribution in [3.8, 4) is 0 Å². The van der Waals surface area contributed by atoms with Gasteiger partial charge < -0.3 is 10.6 Å². The highest BCUT2D eigenvalue weighted by molar-refractivity contribution is 5.83. The van der Waals surface area contributed by atoms with Crippen LogP contribution in [0.1, 0.15) is 51.9 Å². The number of allylic oxidation sites excluding steroid dienone is 4. The van der Waals surface area contributed by atoms with Crippen molar-refractivity contribution in [3.63, 3.8) is 0 Å². The van der Waals surface area contributed by atoms with Crippen LogP contribution in [0.15, 0.2) is 48.4 Å². The Morgan fingerprint density at radius 2 is 2.12 bits per heavy atom. The van der Waals surface area contributed by atoms with Crippen LogP contribution in [0.25, 0.3) is 0 Å². The number of hydrogen-bond acceptors (Lipinski definition) is 2. The van der Waals surface area contributed by atoms with Gasteiger partial charge in [0.2, 0.25) is 5.91 Å². The highest BCUT2D eigenvalue weighted by Gasteiger charge is 2.20. The third-order valence-corrected chi connectivity index (χ3v) is 5.38. The zero-order valence-corrected chi connectivity index (χ0v) is 15.2. The summed E-state index contributed by atoms with van der Waals surface area (Å²) < 4.78 is 0. The smallest absolute Gasteiger partial charge is 0.231 e. The van der Waals surface area contributed by atoms with Crippen LogP contribution in [0, 0.1) is 17.8 Å². The zero-order valence-electron chi connectivity index (χ0n) is 15.2. The Balaban J connectivity index is 1.84. The fourth-order valence-electron chi connectivity index (χ4n) is 3.63. The fourth-order valence-corrected chi connectivity index (χ4v) is 3.63. The van der Waals surface area contributed by atoms with E-state index in [-0.39, 0.29) is 11.8 Å². The molecule has 0 saturated heterocycles. The van der Waals surface area contributed by atoms with Crippen LogP contribution in [0.2, 0.25) is 0 Å². The second kappa shape index (κ2) is 9.51. The lowest BCUT2D eigenvalue weighted by Crippen LogP contribution is -2.29. The van der Waals surface area contributed by atoms with Gasteiger partial charge in [0.1, 0.15) is 0 Å². The number of nitrogens with one attached hydrogen (secondary N) is 2. The van der Waals surface area contributed by atoms with E-state index in [0.29, 0.717) is 5.92 Å². The first kappa shape index (κ1) is 18.6. The molecule has 0 radical (unpaired) electrons. The van der Waals surface area contributed by atoms with E-state index in [4.69, 9.17) is 0 Å². The van der Waals surface area contributed by atoms with E-state index in [1.807, 2.05) is 19.2 Å². The van der Waals surface area contributed by atoms with E-state index in [1.54, 1.807) is 6.08 Å². The van der Waals surface area contributed by atoms with Gasteiger partial charge in [-0.05, 0) is 36.8 Å². The molecule has 132 valence electrons. The van der Waals surface area contributed by atoms with Gasteiger partial charge in [0.15, 0.2) is 0 Å². The van der Waals surface area contributed by atoms with E-state index < -0.39 is 0 Å². The number of hydrogen-bond donors (Lipinski definition) is 2. The first-order valence-electron chi connectivity index (χ1n) is 9.33. The lowest BCUT2D eigenvalue weighted by Gasteiger charge is -2.27. The molecule has 1 saturated carbocycles. The van der Waals surface area contributed by atoms with Crippen molar-refractivity contribution in [2.75, 3.05) is 7.05 Å². The Labute approximate surface area is 147 Å².